The molecule has 2 rings (SSSR count). The monoisotopic (exact) mass is 489 g/mol. The second-order valence-electron chi connectivity index (χ2n) is 6.95. The van der Waals surface area contributed by atoms with Crippen LogP contribution in [0.5, 0.6) is 17.2 Å². The van der Waals surface area contributed by atoms with Crippen LogP contribution < -0.4 is 9.47 Å². The van der Waals surface area contributed by atoms with Crippen LogP contribution in [0.1, 0.15) is 30.5 Å². The molecule has 190 valence electrons. The molecule has 2 N–H and O–H groups in total. The van der Waals surface area contributed by atoms with E-state index < -0.39 is 5.82 Å². The second kappa shape index (κ2) is 16.2. The van der Waals surface area contributed by atoms with Crippen LogP contribution in [0.4, 0.5) is 4.39 Å². The van der Waals surface area contributed by atoms with Crippen molar-refractivity contribution < 1.29 is 38.4 Å². The van der Waals surface area contributed by atoms with Crippen molar-refractivity contribution in [3.05, 3.63) is 65.0 Å². The fourth-order valence-electron chi connectivity index (χ4n) is 3.21. The molecule has 35 heavy (non-hydrogen) atoms. The predicted molar refractivity (Wildman–Crippen MR) is 132 cm³/mol. The first-order chi connectivity index (χ1) is 17.0. The lowest BCUT2D eigenvalue weighted by molar-refractivity contribution is -0.120. The third kappa shape index (κ3) is 8.64. The molecule has 0 amide bonds. The minimum Gasteiger partial charge on any atom is -0.507 e. The zero-order chi connectivity index (χ0) is 26.2. The second-order valence-corrected chi connectivity index (χ2v) is 6.95. The lowest BCUT2D eigenvalue weighted by atomic mass is 10.0. The van der Waals surface area contributed by atoms with E-state index in [9.17, 15) is 19.1 Å². The number of phenolic OH excluding ortho intramolecular Hbond substituents is 1. The number of methoxy groups -OCH3 is 1. The quantitative estimate of drug-likeness (QED) is 0.249. The number of carbonyl (C=O) groups excluding carboxylic acids is 2. The van der Waals surface area contributed by atoms with Gasteiger partial charge in [0.2, 0.25) is 0 Å². The van der Waals surface area contributed by atoms with Gasteiger partial charge in [0.25, 0.3) is 6.47 Å². The molecule has 0 aliphatic carbocycles. The highest BCUT2D eigenvalue weighted by molar-refractivity contribution is 5.77. The van der Waals surface area contributed by atoms with Gasteiger partial charge in [-0.2, -0.15) is 0 Å². The number of ether oxygens (including phenoxy) is 3. The smallest absolute Gasteiger partial charge is 0.298 e. The van der Waals surface area contributed by atoms with Crippen LogP contribution in [0.25, 0.3) is 11.8 Å². The number of rotatable bonds is 13. The maximum atomic E-state index is 13.7. The van der Waals surface area contributed by atoms with Gasteiger partial charge in [0.15, 0.2) is 0 Å². The van der Waals surface area contributed by atoms with Gasteiger partial charge in [-0.15, -0.1) is 0 Å². The van der Waals surface area contributed by atoms with Crippen LogP contribution in [-0.2, 0) is 20.9 Å². The van der Waals surface area contributed by atoms with Crippen LogP contribution in [0.15, 0.2) is 42.5 Å². The predicted octanol–water partition coefficient (Wildman–Crippen LogP) is 3.80. The fraction of sp³-hybridized carbons (Fsp3) is 0.308. The van der Waals surface area contributed by atoms with E-state index in [1.165, 1.54) is 36.4 Å². The number of hydrogen-bond acceptors (Lipinski definition) is 8. The molecule has 0 spiro atoms. The first kappa shape index (κ1) is 29.5. The molecule has 0 fully saturated rings. The number of aromatic hydroxyl groups is 1. The molecule has 0 bridgehead atoms. The number of aliphatic hydroxyl groups is 1. The number of likely N-dealkylation sites (N-methyl/N-ethyl adjacent to an activating group) is 1. The summed E-state index contributed by atoms with van der Waals surface area (Å²) in [4.78, 5) is 24.1. The van der Waals surface area contributed by atoms with E-state index in [1.54, 1.807) is 26.2 Å². The summed E-state index contributed by atoms with van der Waals surface area (Å²) < 4.78 is 30.2. The maximum Gasteiger partial charge on any atom is 0.298 e. The Kier molecular flexibility index (Phi) is 13.6. The molecule has 9 heteroatoms. The number of benzene rings is 2. The fourth-order valence-corrected chi connectivity index (χ4v) is 3.21. The highest BCUT2D eigenvalue weighted by atomic mass is 19.1. The number of allylic oxidation sites excluding steroid dienone is 2. The minimum atomic E-state index is -0.484. The maximum absolute atomic E-state index is 13.7. The topological polar surface area (TPSA) is 106 Å². The Hall–Kier alpha value is -3.53. The van der Waals surface area contributed by atoms with Crippen molar-refractivity contribution in [2.45, 2.75) is 20.4 Å². The molecule has 8 nitrogen and oxygen atoms in total. The number of hydrogen-bond donors (Lipinski definition) is 2. The van der Waals surface area contributed by atoms with Crippen LogP contribution in [0.3, 0.4) is 0 Å². The van der Waals surface area contributed by atoms with E-state index in [0.717, 1.165) is 7.11 Å². The summed E-state index contributed by atoms with van der Waals surface area (Å²) in [6.45, 7) is 6.10. The summed E-state index contributed by atoms with van der Waals surface area (Å²) in [6.07, 6.45) is 4.90. The van der Waals surface area contributed by atoms with Gasteiger partial charge in [0.1, 0.15) is 35.1 Å². The zero-order valence-corrected chi connectivity index (χ0v) is 20.4. The van der Waals surface area contributed by atoms with Gasteiger partial charge >= 0.3 is 0 Å². The summed E-state index contributed by atoms with van der Waals surface area (Å²) in [5, 5.41) is 17.5. The molecule has 2 aromatic rings. The standard InChI is InChI=1S/C25H28FNO6.CH4O/c1-4-23(33-24-11-8-19(26)15-18(24)7-6-13-28)20-9-10-22(30)21(25(20)32-17-29)16-27(5-2)12-14-31-3;1-2/h4,6-11,13,15,17,30H,5,12,14,16H2,1-3H3;2H,1H3/b7-6-,23-4+;. The van der Waals surface area contributed by atoms with Crippen molar-refractivity contribution in [1.82, 2.24) is 4.90 Å². The Morgan fingerprint density at radius 1 is 1.17 bits per heavy atom. The highest BCUT2D eigenvalue weighted by Crippen LogP contribution is 2.38. The van der Waals surface area contributed by atoms with Gasteiger partial charge in [-0.25, -0.2) is 4.39 Å². The molecule has 0 unspecified atom stereocenters. The molecule has 0 saturated heterocycles. The highest BCUT2D eigenvalue weighted by Gasteiger charge is 2.21. The molecule has 2 aromatic carbocycles. The van der Waals surface area contributed by atoms with E-state index in [1.807, 2.05) is 11.8 Å². The molecular formula is C26H32FNO7. The first-order valence-corrected chi connectivity index (χ1v) is 10.9. The Morgan fingerprint density at radius 3 is 2.51 bits per heavy atom. The molecule has 0 heterocycles. The Bertz CT molecular complexity index is 1020. The van der Waals surface area contributed by atoms with E-state index in [2.05, 4.69) is 0 Å². The third-order valence-corrected chi connectivity index (χ3v) is 4.92. The van der Waals surface area contributed by atoms with Gasteiger partial charge in [0, 0.05) is 32.9 Å². The number of halogens is 1. The number of nitrogens with zero attached hydrogens (tertiary/aromatic N) is 1. The minimum absolute atomic E-state index is 0.0293. The van der Waals surface area contributed by atoms with E-state index in [-0.39, 0.29) is 18.0 Å². The normalized spacial score (nSPS) is 11.2. The van der Waals surface area contributed by atoms with Gasteiger partial charge in [-0.1, -0.05) is 6.92 Å². The van der Waals surface area contributed by atoms with Crippen LogP contribution in [0.2, 0.25) is 0 Å². The molecule has 0 aliphatic heterocycles. The van der Waals surface area contributed by atoms with Crippen molar-refractivity contribution in [2.24, 2.45) is 0 Å². The third-order valence-electron chi connectivity index (χ3n) is 4.92. The van der Waals surface area contributed by atoms with E-state index >= 15 is 0 Å². The lowest BCUT2D eigenvalue weighted by Crippen LogP contribution is -2.27. The Morgan fingerprint density at radius 2 is 1.91 bits per heavy atom. The van der Waals surface area contributed by atoms with Crippen molar-refractivity contribution in [1.29, 1.82) is 0 Å². The number of carbonyl (C=O) groups is 2. The Labute approximate surface area is 204 Å². The van der Waals surface area contributed by atoms with Crippen LogP contribution >= 0.6 is 0 Å². The van der Waals surface area contributed by atoms with Crippen molar-refractivity contribution in [2.75, 3.05) is 33.9 Å². The molecule has 0 radical (unpaired) electrons. The average Bonchev–Trinajstić information content (AvgIpc) is 2.88. The van der Waals surface area contributed by atoms with Crippen LogP contribution in [-0.4, -0.2) is 61.8 Å². The summed E-state index contributed by atoms with van der Waals surface area (Å²) in [5.74, 6) is 0.256. The summed E-state index contributed by atoms with van der Waals surface area (Å²) in [5.41, 5.74) is 1.20. The van der Waals surface area contributed by atoms with E-state index in [4.69, 9.17) is 19.3 Å². The van der Waals surface area contributed by atoms with E-state index in [0.29, 0.717) is 60.7 Å². The van der Waals surface area contributed by atoms with Crippen LogP contribution in [0, 0.1) is 5.82 Å². The average molecular weight is 490 g/mol. The first-order valence-electron chi connectivity index (χ1n) is 10.9. The molecular weight excluding hydrogens is 457 g/mol. The van der Waals surface area contributed by atoms with Gasteiger partial charge in [-0.3, -0.25) is 14.5 Å². The summed E-state index contributed by atoms with van der Waals surface area (Å²) in [6, 6.07) is 6.98. The number of phenols is 1. The summed E-state index contributed by atoms with van der Waals surface area (Å²) in [7, 11) is 2.61. The van der Waals surface area contributed by atoms with Gasteiger partial charge < -0.3 is 24.4 Å². The molecule has 0 saturated carbocycles. The van der Waals surface area contributed by atoms with Crippen molar-refractivity contribution in [3.63, 3.8) is 0 Å². The van der Waals surface area contributed by atoms with Crippen molar-refractivity contribution in [3.8, 4) is 17.2 Å². The zero-order valence-electron chi connectivity index (χ0n) is 20.4. The largest absolute Gasteiger partial charge is 0.507 e. The number of aldehydes is 1. The summed E-state index contributed by atoms with van der Waals surface area (Å²) >= 11 is 0. The molecule has 0 aromatic heterocycles. The SMILES string of the molecule is C/C=C(/Oc1ccc(F)cc1/C=C\C=O)c1ccc(O)c(CN(CC)CCOC)c1OC=O.CO. The molecule has 0 aliphatic rings. The number of aliphatic hydroxyl groups excluding tert-OH is 1. The van der Waals surface area contributed by atoms with Crippen molar-refractivity contribution >= 4 is 24.6 Å². The Balaban J connectivity index is 0.00000298. The van der Waals surface area contributed by atoms with Gasteiger partial charge in [0.05, 0.1) is 17.7 Å². The lowest BCUT2D eigenvalue weighted by Gasteiger charge is -2.23. The van der Waals surface area contributed by atoms with Gasteiger partial charge in [-0.05, 0) is 62.0 Å². The molecule has 0 atom stereocenters.